The van der Waals surface area contributed by atoms with Crippen molar-refractivity contribution in [1.29, 1.82) is 0 Å². The van der Waals surface area contributed by atoms with Gasteiger partial charge in [-0.05, 0) is 29.8 Å². The topological polar surface area (TPSA) is 46.2 Å². The van der Waals surface area contributed by atoms with Gasteiger partial charge in [-0.3, -0.25) is 9.00 Å². The van der Waals surface area contributed by atoms with Crippen molar-refractivity contribution in [1.82, 2.24) is 0 Å². The van der Waals surface area contributed by atoms with Crippen LogP contribution in [0, 0.1) is 5.82 Å². The molecule has 0 bridgehead atoms. The van der Waals surface area contributed by atoms with Gasteiger partial charge in [-0.15, -0.1) is 0 Å². The van der Waals surface area contributed by atoms with Crippen molar-refractivity contribution in [3.63, 3.8) is 0 Å². The van der Waals surface area contributed by atoms with Gasteiger partial charge >= 0.3 is 0 Å². The zero-order valence-electron chi connectivity index (χ0n) is 11.6. The average Bonchev–Trinajstić information content (AvgIpc) is 2.47. The van der Waals surface area contributed by atoms with Crippen molar-refractivity contribution in [3.8, 4) is 0 Å². The van der Waals surface area contributed by atoms with Crippen molar-refractivity contribution >= 4 is 57.2 Å². The molecule has 0 heterocycles. The van der Waals surface area contributed by atoms with Crippen LogP contribution in [0.1, 0.15) is 5.56 Å². The molecule has 8 heteroatoms. The Morgan fingerprint density at radius 2 is 1.87 bits per heavy atom. The second-order valence-electron chi connectivity index (χ2n) is 4.61. The Morgan fingerprint density at radius 3 is 2.57 bits per heavy atom. The number of halogens is 4. The number of carbonyl (C=O) groups excluding carboxylic acids is 1. The van der Waals surface area contributed by atoms with Crippen molar-refractivity contribution in [2.75, 3.05) is 11.1 Å². The number of benzene rings is 2. The summed E-state index contributed by atoms with van der Waals surface area (Å²) in [5, 5.41) is 3.25. The van der Waals surface area contributed by atoms with Gasteiger partial charge in [-0.25, -0.2) is 4.39 Å². The summed E-state index contributed by atoms with van der Waals surface area (Å²) in [7, 11) is -1.50. The molecule has 1 atom stereocenters. The minimum atomic E-state index is -1.50. The van der Waals surface area contributed by atoms with Gasteiger partial charge in [0.05, 0.1) is 21.5 Å². The third-order valence-electron chi connectivity index (χ3n) is 2.85. The summed E-state index contributed by atoms with van der Waals surface area (Å²) in [5.41, 5.74) is 0.862. The van der Waals surface area contributed by atoms with E-state index in [2.05, 4.69) is 5.32 Å². The molecule has 2 rings (SSSR count). The van der Waals surface area contributed by atoms with Gasteiger partial charge in [0.1, 0.15) is 11.6 Å². The highest BCUT2D eigenvalue weighted by Gasteiger charge is 2.13. The van der Waals surface area contributed by atoms with E-state index in [-0.39, 0.29) is 21.6 Å². The van der Waals surface area contributed by atoms with Gasteiger partial charge < -0.3 is 5.32 Å². The second kappa shape index (κ2) is 8.11. The van der Waals surface area contributed by atoms with Crippen molar-refractivity contribution in [2.45, 2.75) is 5.75 Å². The molecule has 0 aliphatic heterocycles. The van der Waals surface area contributed by atoms with E-state index in [1.807, 2.05) is 0 Å². The molecule has 122 valence electrons. The van der Waals surface area contributed by atoms with Crippen LogP contribution in [-0.4, -0.2) is 15.9 Å². The Kier molecular flexibility index (Phi) is 6.41. The Balaban J connectivity index is 1.97. The van der Waals surface area contributed by atoms with Crippen LogP contribution in [-0.2, 0) is 21.3 Å². The summed E-state index contributed by atoms with van der Waals surface area (Å²) < 4.78 is 25.0. The number of anilines is 1. The first-order valence-corrected chi connectivity index (χ1v) is 9.02. The maximum atomic E-state index is 13.0. The number of rotatable bonds is 5. The van der Waals surface area contributed by atoms with Crippen LogP contribution < -0.4 is 5.32 Å². The van der Waals surface area contributed by atoms with E-state index >= 15 is 0 Å². The van der Waals surface area contributed by atoms with Gasteiger partial charge in [0.2, 0.25) is 5.91 Å². The third-order valence-corrected chi connectivity index (χ3v) is 5.24. The zero-order valence-corrected chi connectivity index (χ0v) is 14.7. The number of hydrogen-bond acceptors (Lipinski definition) is 2. The summed E-state index contributed by atoms with van der Waals surface area (Å²) in [5.74, 6) is -1.13. The lowest BCUT2D eigenvalue weighted by atomic mass is 10.2. The van der Waals surface area contributed by atoms with Crippen molar-refractivity contribution in [3.05, 3.63) is 62.8 Å². The van der Waals surface area contributed by atoms with E-state index in [9.17, 15) is 13.4 Å². The van der Waals surface area contributed by atoms with Crippen LogP contribution in [0.15, 0.2) is 36.4 Å². The number of hydrogen-bond donors (Lipinski definition) is 1. The number of carbonyl (C=O) groups is 1. The van der Waals surface area contributed by atoms with E-state index in [1.165, 1.54) is 12.1 Å². The van der Waals surface area contributed by atoms with Gasteiger partial charge in [0, 0.05) is 15.8 Å². The minimum Gasteiger partial charge on any atom is -0.324 e. The lowest BCUT2D eigenvalue weighted by Crippen LogP contribution is -2.20. The SMILES string of the molecule is O=C(CS(=O)Cc1ccc(F)cc1Cl)Nc1cccc(Cl)c1Cl. The Hall–Kier alpha value is -1.14. The molecule has 1 amide bonds. The molecule has 1 N–H and O–H groups in total. The quantitative estimate of drug-likeness (QED) is 0.801. The highest BCUT2D eigenvalue weighted by Crippen LogP contribution is 2.29. The van der Waals surface area contributed by atoms with Crippen LogP contribution in [0.5, 0.6) is 0 Å². The summed E-state index contributed by atoms with van der Waals surface area (Å²) in [6.07, 6.45) is 0. The van der Waals surface area contributed by atoms with E-state index in [4.69, 9.17) is 34.8 Å². The molecule has 0 aliphatic rings. The van der Waals surface area contributed by atoms with E-state index in [0.717, 1.165) is 6.07 Å². The fourth-order valence-electron chi connectivity index (χ4n) is 1.80. The van der Waals surface area contributed by atoms with E-state index in [1.54, 1.807) is 18.2 Å². The van der Waals surface area contributed by atoms with Crippen LogP contribution >= 0.6 is 34.8 Å². The van der Waals surface area contributed by atoms with E-state index in [0.29, 0.717) is 16.3 Å². The molecular formula is C15H11Cl3FNO2S. The lowest BCUT2D eigenvalue weighted by molar-refractivity contribution is -0.113. The maximum Gasteiger partial charge on any atom is 0.237 e. The molecule has 0 saturated heterocycles. The molecule has 2 aromatic carbocycles. The predicted molar refractivity (Wildman–Crippen MR) is 93.2 cm³/mol. The number of amides is 1. The van der Waals surface area contributed by atoms with Gasteiger partial charge in [-0.2, -0.15) is 0 Å². The zero-order chi connectivity index (χ0) is 17.0. The van der Waals surface area contributed by atoms with E-state index < -0.39 is 22.5 Å². The molecule has 2 aromatic rings. The first-order valence-electron chi connectivity index (χ1n) is 6.39. The molecular weight excluding hydrogens is 384 g/mol. The highest BCUT2D eigenvalue weighted by molar-refractivity contribution is 7.85. The Bertz CT molecular complexity index is 770. The summed E-state index contributed by atoms with van der Waals surface area (Å²) in [6, 6.07) is 8.63. The summed E-state index contributed by atoms with van der Waals surface area (Å²) >= 11 is 17.7. The lowest BCUT2D eigenvalue weighted by Gasteiger charge is -2.08. The molecule has 3 nitrogen and oxygen atoms in total. The molecule has 0 spiro atoms. The molecule has 23 heavy (non-hydrogen) atoms. The van der Waals surface area contributed by atoms with Gasteiger partial charge in [0.15, 0.2) is 0 Å². The fourth-order valence-corrected chi connectivity index (χ4v) is 3.52. The third kappa shape index (κ3) is 5.18. The first kappa shape index (κ1) is 18.2. The van der Waals surface area contributed by atoms with Crippen LogP contribution in [0.3, 0.4) is 0 Å². The second-order valence-corrected chi connectivity index (χ2v) is 7.26. The Morgan fingerprint density at radius 1 is 1.13 bits per heavy atom. The van der Waals surface area contributed by atoms with Crippen molar-refractivity contribution in [2.24, 2.45) is 0 Å². The number of nitrogens with one attached hydrogen (secondary N) is 1. The van der Waals surface area contributed by atoms with Gasteiger partial charge in [-0.1, -0.05) is 46.9 Å². The summed E-state index contributed by atoms with van der Waals surface area (Å²) in [4.78, 5) is 11.9. The van der Waals surface area contributed by atoms with Crippen molar-refractivity contribution < 1.29 is 13.4 Å². The minimum absolute atomic E-state index is 0.0514. The smallest absolute Gasteiger partial charge is 0.237 e. The monoisotopic (exact) mass is 393 g/mol. The van der Waals surface area contributed by atoms with Crippen LogP contribution in [0.4, 0.5) is 10.1 Å². The Labute approximate surface area is 150 Å². The standard InChI is InChI=1S/C15H11Cl3FNO2S/c16-11-2-1-3-13(15(11)18)20-14(21)8-23(22)7-9-4-5-10(19)6-12(9)17/h1-6H,7-8H2,(H,20,21). The summed E-state index contributed by atoms with van der Waals surface area (Å²) in [6.45, 7) is 0. The first-order chi connectivity index (χ1) is 10.9. The molecule has 0 fully saturated rings. The molecule has 0 saturated carbocycles. The van der Waals surface area contributed by atoms with Gasteiger partial charge in [0.25, 0.3) is 0 Å². The van der Waals surface area contributed by atoms with Crippen LogP contribution in [0.2, 0.25) is 15.1 Å². The largest absolute Gasteiger partial charge is 0.324 e. The molecule has 0 aromatic heterocycles. The average molecular weight is 395 g/mol. The maximum absolute atomic E-state index is 13.0. The molecule has 1 unspecified atom stereocenters. The predicted octanol–water partition coefficient (Wildman–Crippen LogP) is 4.67. The fraction of sp³-hybridized carbons (Fsp3) is 0.133. The normalized spacial score (nSPS) is 12.0. The molecule has 0 aliphatic carbocycles. The highest BCUT2D eigenvalue weighted by atomic mass is 35.5. The van der Waals surface area contributed by atoms with Crippen LogP contribution in [0.25, 0.3) is 0 Å². The molecule has 0 radical (unpaired) electrons.